The molecule has 0 N–H and O–H groups in total. The number of methoxy groups -OCH3 is 1. The summed E-state index contributed by atoms with van der Waals surface area (Å²) in [5.41, 5.74) is 0.492. The summed E-state index contributed by atoms with van der Waals surface area (Å²) in [5, 5.41) is 4.23. The largest absolute Gasteiger partial charge is 0.383 e. The van der Waals surface area contributed by atoms with Crippen molar-refractivity contribution in [2.24, 2.45) is 0 Å². The molecular weight excluding hydrogens is 346 g/mol. The molecule has 0 aromatic carbocycles. The zero-order valence-electron chi connectivity index (χ0n) is 16.7. The average Bonchev–Trinajstić information content (AvgIpc) is 3.10. The fourth-order valence-electron chi connectivity index (χ4n) is 4.23. The summed E-state index contributed by atoms with van der Waals surface area (Å²) in [5.74, 6) is 0.221. The van der Waals surface area contributed by atoms with E-state index in [1.165, 1.54) is 0 Å². The Balaban J connectivity index is 1.74. The van der Waals surface area contributed by atoms with E-state index in [0.29, 0.717) is 51.4 Å². The molecule has 150 valence electrons. The lowest BCUT2D eigenvalue weighted by molar-refractivity contribution is -0.131. The van der Waals surface area contributed by atoms with Gasteiger partial charge < -0.3 is 14.5 Å². The van der Waals surface area contributed by atoms with Crippen LogP contribution in [0, 0.1) is 0 Å². The first-order valence-electron chi connectivity index (χ1n) is 9.80. The topological polar surface area (TPSA) is 70.9 Å². The molecule has 2 fully saturated rings. The van der Waals surface area contributed by atoms with Gasteiger partial charge in [0.1, 0.15) is 5.69 Å². The van der Waals surface area contributed by atoms with Gasteiger partial charge in [0, 0.05) is 64.5 Å². The highest BCUT2D eigenvalue weighted by Gasteiger charge is 2.43. The van der Waals surface area contributed by atoms with Crippen LogP contribution in [0.25, 0.3) is 0 Å². The lowest BCUT2D eigenvalue weighted by Crippen LogP contribution is -2.62. The van der Waals surface area contributed by atoms with Crippen molar-refractivity contribution in [3.63, 3.8) is 0 Å². The van der Waals surface area contributed by atoms with E-state index in [4.69, 9.17) is 4.74 Å². The first kappa shape index (κ1) is 19.8. The van der Waals surface area contributed by atoms with Crippen LogP contribution in [0.5, 0.6) is 0 Å². The van der Waals surface area contributed by atoms with Crippen LogP contribution < -0.4 is 0 Å². The van der Waals surface area contributed by atoms with Crippen LogP contribution in [0.3, 0.4) is 0 Å². The molecule has 0 radical (unpaired) electrons. The molecule has 3 rings (SSSR count). The number of carbonyl (C=O) groups is 2. The fourth-order valence-corrected chi connectivity index (χ4v) is 4.23. The van der Waals surface area contributed by atoms with Crippen LogP contribution in [0.4, 0.5) is 0 Å². The van der Waals surface area contributed by atoms with Crippen molar-refractivity contribution < 1.29 is 14.3 Å². The highest BCUT2D eigenvalue weighted by Crippen LogP contribution is 2.32. The maximum Gasteiger partial charge on any atom is 0.272 e. The van der Waals surface area contributed by atoms with Crippen LogP contribution in [-0.4, -0.2) is 95.3 Å². The lowest BCUT2D eigenvalue weighted by Gasteiger charge is -2.49. The van der Waals surface area contributed by atoms with E-state index in [0.717, 1.165) is 19.4 Å². The molecule has 0 bridgehead atoms. The smallest absolute Gasteiger partial charge is 0.272 e. The van der Waals surface area contributed by atoms with Gasteiger partial charge in [-0.3, -0.25) is 19.2 Å². The molecule has 0 unspecified atom stereocenters. The van der Waals surface area contributed by atoms with Crippen molar-refractivity contribution in [3.05, 3.63) is 18.0 Å². The summed E-state index contributed by atoms with van der Waals surface area (Å²) in [6.07, 6.45) is 3.85. The predicted molar refractivity (Wildman–Crippen MR) is 101 cm³/mol. The SMILES string of the molecule is CCn1nccc1C(=O)N1CCN(C)[C@]2(CCC(=O)N(CCOC)CC2)C1. The van der Waals surface area contributed by atoms with Crippen LogP contribution in [-0.2, 0) is 16.1 Å². The fraction of sp³-hybridized carbons (Fsp3) is 0.737. The van der Waals surface area contributed by atoms with Gasteiger partial charge in [-0.25, -0.2) is 0 Å². The molecule has 2 saturated heterocycles. The minimum absolute atomic E-state index is 0.0358. The number of amides is 2. The second-order valence-corrected chi connectivity index (χ2v) is 7.53. The summed E-state index contributed by atoms with van der Waals surface area (Å²) >= 11 is 0. The standard InChI is InChI=1S/C19H31N5O3/c1-4-24-16(6-9-20-24)18(26)23-12-11-21(2)19(15-23)7-5-17(25)22(10-8-19)13-14-27-3/h6,9H,4-5,7-8,10-15H2,1-3H3/t19-/m0/s1. The molecule has 1 spiro atoms. The van der Waals surface area contributed by atoms with E-state index >= 15 is 0 Å². The van der Waals surface area contributed by atoms with Gasteiger partial charge in [-0.1, -0.05) is 0 Å². The van der Waals surface area contributed by atoms with Crippen molar-refractivity contribution >= 4 is 11.8 Å². The van der Waals surface area contributed by atoms with Gasteiger partial charge in [0.2, 0.25) is 5.91 Å². The van der Waals surface area contributed by atoms with E-state index in [9.17, 15) is 9.59 Å². The summed E-state index contributed by atoms with van der Waals surface area (Å²) < 4.78 is 6.88. The third-order valence-electron chi connectivity index (χ3n) is 6.09. The van der Waals surface area contributed by atoms with Crippen molar-refractivity contribution in [1.82, 2.24) is 24.5 Å². The van der Waals surface area contributed by atoms with E-state index < -0.39 is 0 Å². The number of likely N-dealkylation sites (N-methyl/N-ethyl adjacent to an activating group) is 1. The minimum atomic E-state index is -0.150. The number of hydrogen-bond donors (Lipinski definition) is 0. The van der Waals surface area contributed by atoms with Gasteiger partial charge in [-0.15, -0.1) is 0 Å². The average molecular weight is 377 g/mol. The van der Waals surface area contributed by atoms with Gasteiger partial charge in [0.25, 0.3) is 5.91 Å². The van der Waals surface area contributed by atoms with Gasteiger partial charge >= 0.3 is 0 Å². The third kappa shape index (κ3) is 4.01. The molecule has 2 aliphatic rings. The van der Waals surface area contributed by atoms with Crippen LogP contribution in [0.1, 0.15) is 36.7 Å². The Morgan fingerprint density at radius 3 is 2.85 bits per heavy atom. The van der Waals surface area contributed by atoms with Crippen molar-refractivity contribution in [2.45, 2.75) is 38.3 Å². The first-order chi connectivity index (χ1) is 13.0. The van der Waals surface area contributed by atoms with E-state index in [2.05, 4.69) is 17.0 Å². The number of aromatic nitrogens is 2. The number of rotatable bonds is 5. The molecule has 27 heavy (non-hydrogen) atoms. The summed E-state index contributed by atoms with van der Waals surface area (Å²) in [6, 6.07) is 1.79. The molecule has 2 amide bonds. The highest BCUT2D eigenvalue weighted by molar-refractivity contribution is 5.92. The predicted octanol–water partition coefficient (Wildman–Crippen LogP) is 0.688. The quantitative estimate of drug-likeness (QED) is 0.755. The number of piperazine rings is 1. The summed E-state index contributed by atoms with van der Waals surface area (Å²) in [4.78, 5) is 31.8. The molecule has 1 aromatic rings. The van der Waals surface area contributed by atoms with E-state index in [1.54, 1.807) is 24.1 Å². The number of hydrogen-bond acceptors (Lipinski definition) is 5. The van der Waals surface area contributed by atoms with Crippen molar-refractivity contribution in [1.29, 1.82) is 0 Å². The number of aryl methyl sites for hydroxylation is 1. The molecule has 2 aliphatic heterocycles. The van der Waals surface area contributed by atoms with Crippen molar-refractivity contribution in [3.8, 4) is 0 Å². The Labute approximate surface area is 161 Å². The zero-order chi connectivity index (χ0) is 19.4. The van der Waals surface area contributed by atoms with Gasteiger partial charge in [0.15, 0.2) is 0 Å². The Hall–Kier alpha value is -1.93. The zero-order valence-corrected chi connectivity index (χ0v) is 16.7. The summed E-state index contributed by atoms with van der Waals surface area (Å²) in [6.45, 7) is 6.74. The number of likely N-dealkylation sites (tertiary alicyclic amines) is 1. The Kier molecular flexibility index (Phi) is 6.16. The first-order valence-corrected chi connectivity index (χ1v) is 9.80. The molecule has 8 heteroatoms. The molecular formula is C19H31N5O3. The maximum absolute atomic E-state index is 13.1. The number of ether oxygens (including phenoxy) is 1. The van der Waals surface area contributed by atoms with Gasteiger partial charge in [-0.05, 0) is 32.9 Å². The highest BCUT2D eigenvalue weighted by atomic mass is 16.5. The molecule has 1 atom stereocenters. The normalized spacial score (nSPS) is 24.5. The molecule has 3 heterocycles. The number of nitrogens with zero attached hydrogens (tertiary/aromatic N) is 5. The second-order valence-electron chi connectivity index (χ2n) is 7.53. The van der Waals surface area contributed by atoms with Crippen LogP contribution in [0.2, 0.25) is 0 Å². The molecule has 1 aromatic heterocycles. The maximum atomic E-state index is 13.1. The van der Waals surface area contributed by atoms with E-state index in [-0.39, 0.29) is 17.4 Å². The third-order valence-corrected chi connectivity index (χ3v) is 6.09. The Bertz CT molecular complexity index is 676. The van der Waals surface area contributed by atoms with Crippen LogP contribution in [0.15, 0.2) is 12.3 Å². The molecule has 0 aliphatic carbocycles. The minimum Gasteiger partial charge on any atom is -0.383 e. The molecule has 8 nitrogen and oxygen atoms in total. The van der Waals surface area contributed by atoms with Crippen LogP contribution >= 0.6 is 0 Å². The van der Waals surface area contributed by atoms with Gasteiger partial charge in [0.05, 0.1) is 6.61 Å². The monoisotopic (exact) mass is 377 g/mol. The second kappa shape index (κ2) is 8.39. The Morgan fingerprint density at radius 2 is 2.11 bits per heavy atom. The molecule has 0 saturated carbocycles. The van der Waals surface area contributed by atoms with Gasteiger partial charge in [-0.2, -0.15) is 5.10 Å². The Morgan fingerprint density at radius 1 is 1.30 bits per heavy atom. The number of carbonyl (C=O) groups excluding carboxylic acids is 2. The lowest BCUT2D eigenvalue weighted by atomic mass is 9.86. The van der Waals surface area contributed by atoms with E-state index in [1.807, 2.05) is 16.7 Å². The summed E-state index contributed by atoms with van der Waals surface area (Å²) in [7, 11) is 3.77. The van der Waals surface area contributed by atoms with Crippen molar-refractivity contribution in [2.75, 3.05) is 53.5 Å².